The van der Waals surface area contributed by atoms with Crippen LogP contribution in [0.2, 0.25) is 0 Å². The molecule has 30 heavy (non-hydrogen) atoms. The smallest absolute Gasteiger partial charge is 0.243 e. The van der Waals surface area contributed by atoms with Gasteiger partial charge in [0.15, 0.2) is 0 Å². The first kappa shape index (κ1) is 20.3. The second kappa shape index (κ2) is 8.41. The molecule has 0 saturated carbocycles. The van der Waals surface area contributed by atoms with Crippen molar-refractivity contribution in [2.24, 2.45) is 0 Å². The van der Waals surface area contributed by atoms with Gasteiger partial charge in [0.1, 0.15) is 11.6 Å². The van der Waals surface area contributed by atoms with Gasteiger partial charge in [-0.05, 0) is 68.3 Å². The van der Waals surface area contributed by atoms with Crippen molar-refractivity contribution in [1.82, 2.24) is 14.3 Å². The molecule has 1 aliphatic heterocycles. The van der Waals surface area contributed by atoms with Crippen LogP contribution in [0.4, 0.5) is 11.5 Å². The molecule has 1 saturated heterocycles. The molecule has 7 nitrogen and oxygen atoms in total. The quantitative estimate of drug-likeness (QED) is 0.642. The Labute approximate surface area is 176 Å². The highest BCUT2D eigenvalue weighted by Gasteiger charge is 2.36. The summed E-state index contributed by atoms with van der Waals surface area (Å²) in [4.78, 5) is 9.23. The van der Waals surface area contributed by atoms with Crippen LogP contribution in [0, 0.1) is 6.92 Å². The Morgan fingerprint density at radius 1 is 1.10 bits per heavy atom. The number of pyridine rings is 2. The fourth-order valence-electron chi connectivity index (χ4n) is 3.64. The number of aryl methyl sites for hydroxylation is 1. The second-order valence-electron chi connectivity index (χ2n) is 7.21. The lowest BCUT2D eigenvalue weighted by molar-refractivity contribution is 0.390. The molecule has 1 aliphatic rings. The minimum Gasteiger partial charge on any atom is -0.497 e. The van der Waals surface area contributed by atoms with Gasteiger partial charge in [-0.15, -0.1) is 0 Å². The van der Waals surface area contributed by atoms with E-state index in [1.807, 2.05) is 37.3 Å². The number of benzene rings is 1. The van der Waals surface area contributed by atoms with Crippen molar-refractivity contribution >= 4 is 21.5 Å². The van der Waals surface area contributed by atoms with Crippen molar-refractivity contribution in [1.29, 1.82) is 0 Å². The zero-order valence-corrected chi connectivity index (χ0v) is 17.8. The van der Waals surface area contributed by atoms with Gasteiger partial charge in [-0.3, -0.25) is 4.98 Å². The van der Waals surface area contributed by atoms with Crippen LogP contribution in [-0.2, 0) is 10.0 Å². The summed E-state index contributed by atoms with van der Waals surface area (Å²) < 4.78 is 33.1. The summed E-state index contributed by atoms with van der Waals surface area (Å²) in [7, 11) is -2.06. The van der Waals surface area contributed by atoms with Crippen LogP contribution in [0.5, 0.6) is 5.75 Å². The van der Waals surface area contributed by atoms with E-state index in [4.69, 9.17) is 4.74 Å². The fourth-order valence-corrected chi connectivity index (χ4v) is 5.31. The Bertz CT molecular complexity index is 1120. The van der Waals surface area contributed by atoms with Crippen LogP contribution in [0.15, 0.2) is 65.7 Å². The normalized spacial score (nSPS) is 17.1. The molecular weight excluding hydrogens is 400 g/mol. The van der Waals surface area contributed by atoms with Crippen molar-refractivity contribution in [3.05, 3.63) is 72.2 Å². The molecule has 8 heteroatoms. The molecule has 156 valence electrons. The maximum absolute atomic E-state index is 13.2. The molecule has 0 radical (unpaired) electrons. The van der Waals surface area contributed by atoms with E-state index in [1.54, 1.807) is 41.9 Å². The third kappa shape index (κ3) is 4.15. The average molecular weight is 425 g/mol. The van der Waals surface area contributed by atoms with Gasteiger partial charge in [0.25, 0.3) is 0 Å². The van der Waals surface area contributed by atoms with Gasteiger partial charge in [-0.1, -0.05) is 6.07 Å². The van der Waals surface area contributed by atoms with Crippen LogP contribution in [-0.4, -0.2) is 36.3 Å². The monoisotopic (exact) mass is 424 g/mol. The first-order chi connectivity index (χ1) is 14.5. The molecule has 2 aromatic heterocycles. The molecule has 1 atom stereocenters. The molecule has 0 amide bonds. The zero-order valence-electron chi connectivity index (χ0n) is 16.9. The van der Waals surface area contributed by atoms with Gasteiger partial charge in [0.2, 0.25) is 10.0 Å². The van der Waals surface area contributed by atoms with Crippen molar-refractivity contribution in [2.75, 3.05) is 19.0 Å². The summed E-state index contributed by atoms with van der Waals surface area (Å²) in [6, 6.07) is 15.8. The summed E-state index contributed by atoms with van der Waals surface area (Å²) in [5, 5.41) is 3.22. The highest BCUT2D eigenvalue weighted by Crippen LogP contribution is 2.36. The van der Waals surface area contributed by atoms with Crippen LogP contribution < -0.4 is 10.1 Å². The Kier molecular flexibility index (Phi) is 5.69. The highest BCUT2D eigenvalue weighted by atomic mass is 32.2. The zero-order chi connectivity index (χ0) is 21.1. The topological polar surface area (TPSA) is 84.4 Å². The van der Waals surface area contributed by atoms with E-state index in [2.05, 4.69) is 15.3 Å². The molecule has 3 heterocycles. The number of methoxy groups -OCH3 is 1. The van der Waals surface area contributed by atoms with Crippen molar-refractivity contribution in [3.8, 4) is 5.75 Å². The van der Waals surface area contributed by atoms with Gasteiger partial charge in [-0.25, -0.2) is 13.4 Å². The molecule has 3 aromatic rings. The van der Waals surface area contributed by atoms with E-state index in [9.17, 15) is 8.42 Å². The van der Waals surface area contributed by atoms with Crippen LogP contribution >= 0.6 is 0 Å². The molecule has 4 rings (SSSR count). The Morgan fingerprint density at radius 3 is 2.57 bits per heavy atom. The maximum atomic E-state index is 13.2. The summed E-state index contributed by atoms with van der Waals surface area (Å²) in [5.41, 5.74) is 2.47. The van der Waals surface area contributed by atoms with E-state index in [-0.39, 0.29) is 10.9 Å². The summed E-state index contributed by atoms with van der Waals surface area (Å²) in [6.07, 6.45) is 3.26. The number of nitrogens with one attached hydrogen (secondary N) is 1. The summed E-state index contributed by atoms with van der Waals surface area (Å²) in [6.45, 7) is 2.42. The van der Waals surface area contributed by atoms with Gasteiger partial charge in [-0.2, -0.15) is 4.31 Å². The van der Waals surface area contributed by atoms with Crippen LogP contribution in [0.1, 0.15) is 30.3 Å². The molecule has 1 N–H and O–H groups in total. The molecular formula is C22H24N4O3S. The Hall–Kier alpha value is -2.97. The Morgan fingerprint density at radius 2 is 1.90 bits per heavy atom. The van der Waals surface area contributed by atoms with E-state index in [0.29, 0.717) is 12.3 Å². The molecule has 0 aliphatic carbocycles. The Balaban J connectivity index is 1.54. The number of ether oxygens (including phenoxy) is 1. The van der Waals surface area contributed by atoms with Crippen LogP contribution in [0.3, 0.4) is 0 Å². The van der Waals surface area contributed by atoms with Gasteiger partial charge >= 0.3 is 0 Å². The van der Waals surface area contributed by atoms with E-state index >= 15 is 0 Å². The van der Waals surface area contributed by atoms with Gasteiger partial charge in [0, 0.05) is 12.2 Å². The first-order valence-corrected chi connectivity index (χ1v) is 11.2. The molecule has 0 bridgehead atoms. The molecule has 1 aromatic carbocycles. The summed E-state index contributed by atoms with van der Waals surface area (Å²) in [5.74, 6) is 1.37. The SMILES string of the molecule is COc1ccc(S(=O)(=O)N2CCC[C@H]2c2ccc(Nc3cccc(C)n3)cn2)cc1. The number of sulfonamides is 1. The second-order valence-corrected chi connectivity index (χ2v) is 9.10. The van der Waals surface area contributed by atoms with Gasteiger partial charge < -0.3 is 10.1 Å². The fraction of sp³-hybridized carbons (Fsp3) is 0.273. The third-order valence-electron chi connectivity index (χ3n) is 5.16. The number of hydrogen-bond acceptors (Lipinski definition) is 6. The third-order valence-corrected chi connectivity index (χ3v) is 7.08. The van der Waals surface area contributed by atoms with Crippen LogP contribution in [0.25, 0.3) is 0 Å². The molecule has 1 fully saturated rings. The minimum absolute atomic E-state index is 0.263. The summed E-state index contributed by atoms with van der Waals surface area (Å²) >= 11 is 0. The van der Waals surface area contributed by atoms with Crippen molar-refractivity contribution in [2.45, 2.75) is 30.7 Å². The highest BCUT2D eigenvalue weighted by molar-refractivity contribution is 7.89. The van der Waals surface area contributed by atoms with Crippen molar-refractivity contribution < 1.29 is 13.2 Å². The number of rotatable bonds is 6. The van der Waals surface area contributed by atoms with E-state index < -0.39 is 10.0 Å². The average Bonchev–Trinajstić information content (AvgIpc) is 3.25. The van der Waals surface area contributed by atoms with Gasteiger partial charge in [0.05, 0.1) is 35.6 Å². The number of aromatic nitrogens is 2. The standard InChI is InChI=1S/C22H24N4O3S/c1-16-5-3-7-22(24-16)25-17-8-13-20(23-15-17)21-6-4-14-26(21)30(27,28)19-11-9-18(29-2)10-12-19/h3,5,7-13,15,21H,4,6,14H2,1-2H3,(H,24,25)/t21-/m0/s1. The molecule has 0 spiro atoms. The van der Waals surface area contributed by atoms with E-state index in [0.717, 1.165) is 35.7 Å². The first-order valence-electron chi connectivity index (χ1n) is 9.80. The number of hydrogen-bond donors (Lipinski definition) is 1. The molecule has 0 unspecified atom stereocenters. The lowest BCUT2D eigenvalue weighted by Gasteiger charge is -2.24. The lowest BCUT2D eigenvalue weighted by atomic mass is 10.1. The number of nitrogens with zero attached hydrogens (tertiary/aromatic N) is 3. The van der Waals surface area contributed by atoms with Crippen molar-refractivity contribution in [3.63, 3.8) is 0 Å². The number of anilines is 2. The predicted molar refractivity (Wildman–Crippen MR) is 115 cm³/mol. The lowest BCUT2D eigenvalue weighted by Crippen LogP contribution is -2.31. The largest absolute Gasteiger partial charge is 0.497 e. The minimum atomic E-state index is -3.61. The van der Waals surface area contributed by atoms with E-state index in [1.165, 1.54) is 0 Å². The predicted octanol–water partition coefficient (Wildman–Crippen LogP) is 4.06. The maximum Gasteiger partial charge on any atom is 0.243 e.